The first kappa shape index (κ1) is 23.1. The second-order valence-corrected chi connectivity index (χ2v) is 8.43. The van der Waals surface area contributed by atoms with Crippen LogP contribution in [-0.2, 0) is 9.53 Å². The zero-order valence-electron chi connectivity index (χ0n) is 17.1. The molecule has 0 radical (unpaired) electrons. The van der Waals surface area contributed by atoms with Gasteiger partial charge in [0.05, 0.1) is 31.9 Å². The molecule has 28 heavy (non-hydrogen) atoms. The maximum atomic E-state index is 12.1. The second kappa shape index (κ2) is 11.1. The molecule has 158 valence electrons. The molecule has 0 amide bonds. The van der Waals surface area contributed by atoms with Crippen LogP contribution in [0.4, 0.5) is 0 Å². The van der Waals surface area contributed by atoms with Crippen LogP contribution >= 0.6 is 24.4 Å². The van der Waals surface area contributed by atoms with Crippen molar-refractivity contribution in [3.8, 4) is 5.88 Å². The first-order valence-corrected chi connectivity index (χ1v) is 11.3. The van der Waals surface area contributed by atoms with Crippen molar-refractivity contribution in [3.63, 3.8) is 0 Å². The molecule has 0 saturated carbocycles. The summed E-state index contributed by atoms with van der Waals surface area (Å²) in [6.45, 7) is 6.34. The van der Waals surface area contributed by atoms with Gasteiger partial charge in [0.2, 0.25) is 6.23 Å². The van der Waals surface area contributed by atoms with Crippen LogP contribution in [0.2, 0.25) is 0 Å². The Morgan fingerprint density at radius 1 is 1.39 bits per heavy atom. The fourth-order valence-electron chi connectivity index (χ4n) is 3.17. The van der Waals surface area contributed by atoms with Crippen molar-refractivity contribution in [1.29, 1.82) is 0 Å². The number of nitrogens with zero attached hydrogens (tertiary/aromatic N) is 3. The molecule has 0 bridgehead atoms. The molecule has 1 unspecified atom stereocenters. The third kappa shape index (κ3) is 6.17. The molecular weight excluding hydrogens is 396 g/mol. The first-order valence-electron chi connectivity index (χ1n) is 9.97. The van der Waals surface area contributed by atoms with Crippen molar-refractivity contribution in [2.75, 3.05) is 32.5 Å². The topological polar surface area (TPSA) is 87.3 Å². The number of likely N-dealkylation sites (N-methyl/N-ethyl adjacent to an activating group) is 1. The average Bonchev–Trinajstić information content (AvgIpc) is 3.15. The number of rotatable bonds is 11. The number of aromatic nitrogens is 2. The van der Waals surface area contributed by atoms with Crippen LogP contribution in [0.1, 0.15) is 51.6 Å². The minimum Gasteiger partial charge on any atom is -0.475 e. The highest BCUT2D eigenvalue weighted by Crippen LogP contribution is 2.31. The van der Waals surface area contributed by atoms with Gasteiger partial charge < -0.3 is 15.2 Å². The number of hydrogen-bond donors (Lipinski definition) is 2. The van der Waals surface area contributed by atoms with Crippen molar-refractivity contribution < 1.29 is 18.8 Å². The highest BCUT2D eigenvalue weighted by Gasteiger charge is 2.37. The summed E-state index contributed by atoms with van der Waals surface area (Å²) in [7, 11) is 2.09. The summed E-state index contributed by atoms with van der Waals surface area (Å²) in [5, 5.41) is 0. The van der Waals surface area contributed by atoms with Gasteiger partial charge in [0.15, 0.2) is 0 Å². The van der Waals surface area contributed by atoms with E-state index in [1.165, 1.54) is 31.0 Å². The third-order valence-electron chi connectivity index (χ3n) is 5.23. The zero-order chi connectivity index (χ0) is 20.6. The van der Waals surface area contributed by atoms with Gasteiger partial charge >= 0.3 is 5.97 Å². The van der Waals surface area contributed by atoms with Gasteiger partial charge in [-0.25, -0.2) is 0 Å². The number of hydrogen-bond acceptors (Lipinski definition) is 8. The highest BCUT2D eigenvalue weighted by molar-refractivity contribution is 7.80. The molecule has 0 fully saturated rings. The van der Waals surface area contributed by atoms with Gasteiger partial charge in [0.25, 0.3) is 5.88 Å². The molecule has 1 aromatic rings. The third-order valence-corrected chi connectivity index (χ3v) is 6.13. The molecule has 2 rings (SSSR count). The monoisotopic (exact) mass is 429 g/mol. The molecule has 0 spiro atoms. The fraction of sp³-hybridized carbons (Fsp3) is 0.737. The lowest BCUT2D eigenvalue weighted by molar-refractivity contribution is -0.944. The van der Waals surface area contributed by atoms with E-state index in [4.69, 9.17) is 15.2 Å². The van der Waals surface area contributed by atoms with E-state index in [2.05, 4.69) is 41.4 Å². The minimum absolute atomic E-state index is 0.268. The smallest absolute Gasteiger partial charge is 0.328 e. The van der Waals surface area contributed by atoms with Crippen molar-refractivity contribution >= 4 is 35.9 Å². The quantitative estimate of drug-likeness (QED) is 0.243. The number of carbonyl (C=O) groups excluding carboxylic acids is 1. The van der Waals surface area contributed by atoms with E-state index in [1.807, 2.05) is 6.92 Å². The normalized spacial score (nSPS) is 21.7. The van der Waals surface area contributed by atoms with Crippen molar-refractivity contribution in [2.24, 2.45) is 5.73 Å². The molecule has 1 aromatic heterocycles. The fourth-order valence-corrected chi connectivity index (χ4v) is 3.85. The van der Waals surface area contributed by atoms with E-state index >= 15 is 0 Å². The van der Waals surface area contributed by atoms with Crippen LogP contribution in [0.25, 0.3) is 5.57 Å². The van der Waals surface area contributed by atoms with Crippen molar-refractivity contribution in [1.82, 2.24) is 8.75 Å². The number of thiol groups is 1. The van der Waals surface area contributed by atoms with E-state index in [0.29, 0.717) is 23.5 Å². The predicted octanol–water partition coefficient (Wildman–Crippen LogP) is 2.88. The van der Waals surface area contributed by atoms with Crippen LogP contribution in [0.15, 0.2) is 6.08 Å². The summed E-state index contributed by atoms with van der Waals surface area (Å²) in [5.74, 6) is 0.469. The standard InChI is InChI=1S/C19H32N4O3S2/c1-4-5-6-7-11-25-18-17(21-28-22-18)15-9-8-10-23(3,12-15)14(2)26-19(24)16(20)13-27/h9,14,16H,4-8,10-13,20H2,1-3H3/p+1/t14-,16+,23?/m1/s1. The van der Waals surface area contributed by atoms with Crippen molar-refractivity contribution in [2.45, 2.75) is 58.2 Å². The van der Waals surface area contributed by atoms with Gasteiger partial charge in [0, 0.05) is 24.7 Å². The number of ether oxygens (including phenoxy) is 2. The maximum absolute atomic E-state index is 12.1. The van der Waals surface area contributed by atoms with E-state index in [0.717, 1.165) is 30.7 Å². The SMILES string of the molecule is CCCCCCOc1nsnc1C1=CCC[N+](C)([C@@H](C)OC(=O)[C@@H](N)CS)C1. The van der Waals surface area contributed by atoms with E-state index < -0.39 is 12.0 Å². The van der Waals surface area contributed by atoms with Gasteiger partial charge in [-0.2, -0.15) is 17.0 Å². The number of quaternary nitrogens is 1. The van der Waals surface area contributed by atoms with Gasteiger partial charge in [-0.1, -0.05) is 32.3 Å². The van der Waals surface area contributed by atoms with Gasteiger partial charge in [-0.05, 0) is 6.42 Å². The lowest BCUT2D eigenvalue weighted by atomic mass is 10.0. The highest BCUT2D eigenvalue weighted by atomic mass is 32.1. The number of unbranched alkanes of at least 4 members (excludes halogenated alkanes) is 3. The lowest BCUT2D eigenvalue weighted by Crippen LogP contribution is -2.56. The molecule has 0 aromatic carbocycles. The molecule has 7 nitrogen and oxygen atoms in total. The molecule has 1 aliphatic heterocycles. The van der Waals surface area contributed by atoms with Gasteiger partial charge in [-0.3, -0.25) is 9.28 Å². The Morgan fingerprint density at radius 2 is 2.18 bits per heavy atom. The van der Waals surface area contributed by atoms with Crippen molar-refractivity contribution in [3.05, 3.63) is 11.8 Å². The Morgan fingerprint density at radius 3 is 2.89 bits per heavy atom. The molecule has 1 aliphatic rings. The first-order chi connectivity index (χ1) is 13.4. The van der Waals surface area contributed by atoms with Gasteiger partial charge in [-0.15, -0.1) is 4.37 Å². The summed E-state index contributed by atoms with van der Waals surface area (Å²) in [6.07, 6.45) is 7.37. The Bertz CT molecular complexity index is 667. The van der Waals surface area contributed by atoms with Crippen LogP contribution in [-0.4, -0.2) is 64.0 Å². The van der Waals surface area contributed by atoms with E-state index in [1.54, 1.807) is 0 Å². The largest absolute Gasteiger partial charge is 0.475 e. The Kier molecular flexibility index (Phi) is 9.20. The van der Waals surface area contributed by atoms with Crippen LogP contribution < -0.4 is 10.5 Å². The second-order valence-electron chi connectivity index (χ2n) is 7.53. The van der Waals surface area contributed by atoms with Crippen LogP contribution in [0.5, 0.6) is 5.88 Å². The number of nitrogens with two attached hydrogens (primary N) is 1. The summed E-state index contributed by atoms with van der Waals surface area (Å²) in [5.41, 5.74) is 7.64. The predicted molar refractivity (Wildman–Crippen MR) is 115 cm³/mol. The Hall–Kier alpha value is -1.16. The lowest BCUT2D eigenvalue weighted by Gasteiger charge is -2.41. The average molecular weight is 430 g/mol. The molecule has 2 N–H and O–H groups in total. The van der Waals surface area contributed by atoms with E-state index in [-0.39, 0.29) is 12.0 Å². The Labute approximate surface area is 177 Å². The van der Waals surface area contributed by atoms with Gasteiger partial charge in [0.1, 0.15) is 18.3 Å². The van der Waals surface area contributed by atoms with Crippen LogP contribution in [0, 0.1) is 0 Å². The van der Waals surface area contributed by atoms with Crippen LogP contribution in [0.3, 0.4) is 0 Å². The zero-order valence-corrected chi connectivity index (χ0v) is 18.8. The summed E-state index contributed by atoms with van der Waals surface area (Å²) < 4.78 is 20.9. The summed E-state index contributed by atoms with van der Waals surface area (Å²) in [6, 6.07) is -0.701. The molecule has 2 heterocycles. The molecule has 9 heteroatoms. The maximum Gasteiger partial charge on any atom is 0.328 e. The molecular formula is C19H33N4O3S2+. The Balaban J connectivity index is 2.00. The molecule has 0 aliphatic carbocycles. The minimum atomic E-state index is -0.701. The number of esters is 1. The summed E-state index contributed by atoms with van der Waals surface area (Å²) >= 11 is 5.24. The molecule has 3 atom stereocenters. The van der Waals surface area contributed by atoms with E-state index in [9.17, 15) is 4.79 Å². The molecule has 0 saturated heterocycles. The summed E-state index contributed by atoms with van der Waals surface area (Å²) in [4.78, 5) is 12.1. The number of carbonyl (C=O) groups is 1.